The Bertz CT molecular complexity index is 2220. The van der Waals surface area contributed by atoms with Gasteiger partial charge in [0.25, 0.3) is 0 Å². The van der Waals surface area contributed by atoms with Crippen molar-refractivity contribution in [1.29, 1.82) is 0 Å². The molecule has 1 saturated heterocycles. The zero-order valence-corrected chi connectivity index (χ0v) is 30.7. The van der Waals surface area contributed by atoms with Crippen molar-refractivity contribution in [3.8, 4) is 11.1 Å². The Morgan fingerprint density at radius 3 is 2.46 bits per heavy atom. The number of hydrogen-bond donors (Lipinski definition) is 1. The first-order valence-electron chi connectivity index (χ1n) is 18.0. The molecule has 282 valence electrons. The van der Waals surface area contributed by atoms with Gasteiger partial charge in [-0.1, -0.05) is 25.1 Å². The van der Waals surface area contributed by atoms with E-state index in [1.165, 1.54) is 29.5 Å². The van der Waals surface area contributed by atoms with Gasteiger partial charge in [-0.15, -0.1) is 0 Å². The molecule has 1 aliphatic carbocycles. The highest BCUT2D eigenvalue weighted by Gasteiger charge is 2.67. The molecular formula is C39H41F3N8O4. The number of allylic oxidation sites excluding steroid dienone is 2. The zero-order chi connectivity index (χ0) is 38.7. The molecule has 4 atom stereocenters. The summed E-state index contributed by atoms with van der Waals surface area (Å²) >= 11 is 0. The van der Waals surface area contributed by atoms with Crippen molar-refractivity contribution in [1.82, 2.24) is 34.5 Å². The minimum absolute atomic E-state index is 0.0473. The van der Waals surface area contributed by atoms with E-state index >= 15 is 0 Å². The van der Waals surface area contributed by atoms with Gasteiger partial charge in [0.05, 0.1) is 5.52 Å². The third-order valence-corrected chi connectivity index (χ3v) is 10.9. The topological polar surface area (TPSA) is 143 Å². The maximum atomic E-state index is 14.5. The predicted molar refractivity (Wildman–Crippen MR) is 193 cm³/mol. The van der Waals surface area contributed by atoms with Gasteiger partial charge in [0.15, 0.2) is 5.78 Å². The number of pyridine rings is 1. The lowest BCUT2D eigenvalue weighted by Gasteiger charge is -2.27. The summed E-state index contributed by atoms with van der Waals surface area (Å²) in [4.78, 5) is 70.7. The predicted octanol–water partition coefficient (Wildman–Crippen LogP) is 5.71. The van der Waals surface area contributed by atoms with Gasteiger partial charge in [-0.2, -0.15) is 18.3 Å². The highest BCUT2D eigenvalue weighted by atomic mass is 19.4. The molecule has 2 bridgehead atoms. The van der Waals surface area contributed by atoms with Crippen LogP contribution in [0.1, 0.15) is 72.7 Å². The summed E-state index contributed by atoms with van der Waals surface area (Å²) in [5, 5.41) is 7.79. The average molecular weight is 743 g/mol. The summed E-state index contributed by atoms with van der Waals surface area (Å²) in [5.74, 6) is -1.39. The molecule has 12 nitrogen and oxygen atoms in total. The molecule has 7 rings (SSSR count). The van der Waals surface area contributed by atoms with Crippen LogP contribution in [-0.4, -0.2) is 83.7 Å². The minimum Gasteiger partial charge on any atom is -0.345 e. The fourth-order valence-corrected chi connectivity index (χ4v) is 8.03. The quantitative estimate of drug-likeness (QED) is 0.207. The van der Waals surface area contributed by atoms with Crippen LogP contribution in [0, 0.1) is 25.2 Å². The largest absolute Gasteiger partial charge is 0.433 e. The number of aromatic nitrogens is 5. The molecule has 2 aliphatic heterocycles. The number of benzene rings is 1. The van der Waals surface area contributed by atoms with Crippen molar-refractivity contribution in [3.63, 3.8) is 0 Å². The first-order valence-corrected chi connectivity index (χ1v) is 18.0. The lowest BCUT2D eigenvalue weighted by molar-refractivity contribution is -0.141. The molecule has 1 N–H and O–H groups in total. The molecule has 0 unspecified atom stereocenters. The number of carbonyl (C=O) groups excluding carboxylic acids is 4. The average Bonchev–Trinajstić information content (AvgIpc) is 3.51. The van der Waals surface area contributed by atoms with E-state index in [0.717, 1.165) is 22.8 Å². The highest BCUT2D eigenvalue weighted by molar-refractivity contribution is 6.07. The number of anilines is 1. The third kappa shape index (κ3) is 6.87. The number of nitrogens with one attached hydrogen (secondary N) is 1. The van der Waals surface area contributed by atoms with Crippen LogP contribution in [-0.2, 0) is 33.5 Å². The van der Waals surface area contributed by atoms with Crippen molar-refractivity contribution >= 4 is 40.2 Å². The standard InChI is InChI=1S/C39H41F3N8O4/c1-21-11-12-30(39(40,41)42)45-35(21)46-36(53)29-15-38-16-31(38)50(29)32(52)19-49-34-25(10-8-6-7-9-22(2)37(54)48(5)20-38)13-26(27-17-43-24(4)44-18-27)14-28(34)33(47-49)23(3)51/h6,8,11-14,17-18,22,29,31H,7,9-10,15-16,19-20H2,1-5H3,(H,45,46,53)/b8-6-/t22-,29-,31+,38-/m0/s1. The van der Waals surface area contributed by atoms with E-state index in [1.54, 1.807) is 31.3 Å². The van der Waals surface area contributed by atoms with Crippen LogP contribution < -0.4 is 5.32 Å². The van der Waals surface area contributed by atoms with Gasteiger partial charge in [-0.25, -0.2) is 15.0 Å². The number of alkyl halides is 3. The number of amides is 3. The molecular weight excluding hydrogens is 701 g/mol. The molecule has 4 aromatic rings. The van der Waals surface area contributed by atoms with Crippen LogP contribution in [0.2, 0.25) is 0 Å². The van der Waals surface area contributed by atoms with Crippen molar-refractivity contribution in [2.24, 2.45) is 11.3 Å². The highest BCUT2D eigenvalue weighted by Crippen LogP contribution is 2.60. The van der Waals surface area contributed by atoms with Gasteiger partial charge in [-0.05, 0) is 80.8 Å². The maximum Gasteiger partial charge on any atom is 0.433 e. The zero-order valence-electron chi connectivity index (χ0n) is 30.7. The smallest absolute Gasteiger partial charge is 0.345 e. The summed E-state index contributed by atoms with van der Waals surface area (Å²) < 4.78 is 42.2. The lowest BCUT2D eigenvalue weighted by Crippen LogP contribution is -2.47. The monoisotopic (exact) mass is 742 g/mol. The molecule has 1 aromatic carbocycles. The number of nitrogens with zero attached hydrogens (tertiary/aromatic N) is 7. The number of halogens is 3. The number of hydrogen-bond acceptors (Lipinski definition) is 8. The number of Topliss-reactive ketones (excluding diaryl/α,β-unsaturated/α-hetero) is 1. The van der Waals surface area contributed by atoms with E-state index in [0.29, 0.717) is 54.5 Å². The van der Waals surface area contributed by atoms with Gasteiger partial charge in [-0.3, -0.25) is 23.9 Å². The molecule has 3 amide bonds. The van der Waals surface area contributed by atoms with Crippen molar-refractivity contribution < 1.29 is 32.3 Å². The van der Waals surface area contributed by atoms with Crippen LogP contribution in [0.4, 0.5) is 19.0 Å². The number of carbonyl (C=O) groups is 4. The van der Waals surface area contributed by atoms with E-state index in [4.69, 9.17) is 0 Å². The van der Waals surface area contributed by atoms with Gasteiger partial charge in [0.2, 0.25) is 17.7 Å². The summed E-state index contributed by atoms with van der Waals surface area (Å²) in [6.45, 7) is 6.61. The first-order chi connectivity index (χ1) is 25.6. The van der Waals surface area contributed by atoms with Crippen LogP contribution in [0.3, 0.4) is 0 Å². The number of piperidine rings is 1. The maximum absolute atomic E-state index is 14.5. The summed E-state index contributed by atoms with van der Waals surface area (Å²) in [6.07, 6.45) is 5.16. The Balaban J connectivity index is 1.31. The third-order valence-electron chi connectivity index (χ3n) is 10.9. The number of aryl methyl sites for hydroxylation is 2. The Hall–Kier alpha value is -5.47. The second-order valence-corrected chi connectivity index (χ2v) is 14.9. The van der Waals surface area contributed by atoms with Gasteiger partial charge < -0.3 is 15.1 Å². The molecule has 1 saturated carbocycles. The van der Waals surface area contributed by atoms with Gasteiger partial charge in [0.1, 0.15) is 35.6 Å². The Morgan fingerprint density at radius 1 is 1.02 bits per heavy atom. The molecule has 5 heterocycles. The molecule has 3 aromatic heterocycles. The van der Waals surface area contributed by atoms with Crippen LogP contribution in [0.25, 0.3) is 22.0 Å². The molecule has 54 heavy (non-hydrogen) atoms. The van der Waals surface area contributed by atoms with Crippen molar-refractivity contribution in [3.05, 3.63) is 77.2 Å². The van der Waals surface area contributed by atoms with E-state index in [2.05, 4.69) is 25.4 Å². The fourth-order valence-electron chi connectivity index (χ4n) is 8.03. The first kappa shape index (κ1) is 36.9. The van der Waals surface area contributed by atoms with E-state index in [9.17, 15) is 32.3 Å². The molecule has 0 radical (unpaired) electrons. The molecule has 2 fully saturated rings. The lowest BCUT2D eigenvalue weighted by atomic mass is 9.96. The van der Waals surface area contributed by atoms with Crippen molar-refractivity contribution in [2.45, 2.75) is 84.6 Å². The molecule has 0 spiro atoms. The summed E-state index contributed by atoms with van der Waals surface area (Å²) in [5.41, 5.74) is 1.66. The van der Waals surface area contributed by atoms with Gasteiger partial charge in [0, 0.05) is 61.2 Å². The second-order valence-electron chi connectivity index (χ2n) is 14.9. The summed E-state index contributed by atoms with van der Waals surface area (Å²) in [6, 6.07) is 4.43. The second kappa shape index (κ2) is 13.7. The number of ketones is 1. The molecule has 15 heteroatoms. The molecule has 3 aliphatic rings. The van der Waals surface area contributed by atoms with Crippen LogP contribution >= 0.6 is 0 Å². The summed E-state index contributed by atoms with van der Waals surface area (Å²) in [7, 11) is 1.72. The van der Waals surface area contributed by atoms with E-state index in [1.807, 2.05) is 31.2 Å². The fraction of sp³-hybridized carbons (Fsp3) is 0.436. The van der Waals surface area contributed by atoms with Crippen LogP contribution in [0.15, 0.2) is 48.8 Å². The van der Waals surface area contributed by atoms with Gasteiger partial charge >= 0.3 is 6.18 Å². The Kier molecular flexibility index (Phi) is 9.38. The van der Waals surface area contributed by atoms with Crippen LogP contribution in [0.5, 0.6) is 0 Å². The Morgan fingerprint density at radius 2 is 1.76 bits per heavy atom. The van der Waals surface area contributed by atoms with Crippen molar-refractivity contribution in [2.75, 3.05) is 18.9 Å². The number of rotatable bonds is 4. The Labute approximate surface area is 309 Å². The van der Waals surface area contributed by atoms with E-state index < -0.39 is 41.2 Å². The minimum atomic E-state index is -4.72. The SMILES string of the molecule is CC(=O)c1nn2c3c(cc(-c4cnc(C)nc4)cc13)C/C=C\CC[C@H](C)C(=O)N(C)C[C@@]13C[C@@H](C(=O)Nc4nc(C(F)(F)F)ccc4C)N(C(=O)C2)[C@@H]1C3. The van der Waals surface area contributed by atoms with E-state index in [-0.39, 0.29) is 42.1 Å². The normalized spacial score (nSPS) is 24.0.